The molecule has 0 saturated heterocycles. The molecule has 4 aromatic carbocycles. The molecule has 0 fully saturated rings. The van der Waals surface area contributed by atoms with Crippen LogP contribution in [0.3, 0.4) is 0 Å². The monoisotopic (exact) mass is 1810 g/mol. The lowest BCUT2D eigenvalue weighted by Gasteiger charge is -2.08. The summed E-state index contributed by atoms with van der Waals surface area (Å²) in [6, 6.07) is 48.6. The molecule has 0 amide bonds. The first-order valence-corrected chi connectivity index (χ1v) is 45.4. The summed E-state index contributed by atoms with van der Waals surface area (Å²) < 4.78 is 35.6. The number of benzene rings is 4. The SMILES string of the molecule is CCNc1cccc(-c2ccc(CBr)s2)c1.CCNc1cccc(-c2ccc(Cn3c(=O)n(C)c(=O)c4c3nc(S(C)(=O)=O)n4C)s2)c1.CCNc1cccc(-c2ccc(Cn3c(=O)n(C)c(=O)c4c3nc(SC)n4C)s2)c1.CCNc1cccc(Cl)c1.CSc1nc2[nH]c(=O)n(C)c(=O)c2n1C.OB(O)c1ccc(CBr)s1. The van der Waals surface area contributed by atoms with Gasteiger partial charge in [0.05, 0.1) is 13.1 Å². The minimum Gasteiger partial charge on any atom is -0.423 e. The molecule has 0 spiro atoms. The van der Waals surface area contributed by atoms with Gasteiger partial charge >= 0.3 is 24.2 Å². The van der Waals surface area contributed by atoms with E-state index in [2.05, 4.69) is 154 Å². The molecule has 0 atom stereocenters. The van der Waals surface area contributed by atoms with E-state index in [0.717, 1.165) is 114 Å². The van der Waals surface area contributed by atoms with Gasteiger partial charge in [0, 0.05) is 152 Å². The zero-order valence-electron chi connectivity index (χ0n) is 64.2. The third kappa shape index (κ3) is 21.6. The molecule has 14 aromatic rings. The molecule has 0 saturated carbocycles. The molecular formula is C76H86BBr2ClN16O10S7. The fourth-order valence-electron chi connectivity index (χ4n) is 11.6. The van der Waals surface area contributed by atoms with Crippen molar-refractivity contribution in [3.63, 3.8) is 0 Å². The third-order valence-electron chi connectivity index (χ3n) is 17.0. The predicted octanol–water partition coefficient (Wildman–Crippen LogP) is 12.9. The zero-order valence-corrected chi connectivity index (χ0v) is 73.8. The lowest BCUT2D eigenvalue weighted by molar-refractivity contribution is 0.427. The number of thioether (sulfide) groups is 2. The van der Waals surface area contributed by atoms with Crippen LogP contribution in [0.5, 0.6) is 0 Å². The molecule has 37 heteroatoms. The Balaban J connectivity index is 0.000000165. The van der Waals surface area contributed by atoms with Gasteiger partial charge in [0.15, 0.2) is 43.8 Å². The van der Waals surface area contributed by atoms with E-state index in [4.69, 9.17) is 21.6 Å². The quantitative estimate of drug-likeness (QED) is 0.0200. The largest absolute Gasteiger partial charge is 0.499 e. The van der Waals surface area contributed by atoms with Crippen molar-refractivity contribution in [2.45, 2.75) is 66.9 Å². The number of thiophene rings is 4. The number of hydrogen-bond acceptors (Lipinski definition) is 23. The highest BCUT2D eigenvalue weighted by molar-refractivity contribution is 9.08. The molecule has 0 radical (unpaired) electrons. The van der Waals surface area contributed by atoms with E-state index >= 15 is 0 Å². The first kappa shape index (κ1) is 88.2. The summed E-state index contributed by atoms with van der Waals surface area (Å²) in [6.45, 7) is 12.4. The number of nitrogens with one attached hydrogen (secondary N) is 5. The smallest absolute Gasteiger partial charge is 0.423 e. The van der Waals surface area contributed by atoms with Gasteiger partial charge in [0.2, 0.25) is 15.0 Å². The van der Waals surface area contributed by atoms with Crippen LogP contribution >= 0.6 is 112 Å². The Hall–Kier alpha value is -8.79. The molecule has 0 aliphatic heterocycles. The highest BCUT2D eigenvalue weighted by atomic mass is 79.9. The first-order chi connectivity index (χ1) is 54.0. The number of rotatable bonds is 21. The number of imidazole rings is 3. The van der Waals surface area contributed by atoms with Crippen molar-refractivity contribution in [1.82, 2.24) is 56.5 Å². The van der Waals surface area contributed by atoms with Crippen LogP contribution in [0.2, 0.25) is 5.02 Å². The van der Waals surface area contributed by atoms with Crippen LogP contribution in [0, 0.1) is 0 Å². The second-order valence-corrected chi connectivity index (χ2v) is 34.7. The summed E-state index contributed by atoms with van der Waals surface area (Å²) in [5.41, 5.74) is 7.01. The number of halogens is 3. The Kier molecular flexibility index (Phi) is 31.6. The van der Waals surface area contributed by atoms with Crippen LogP contribution in [0.15, 0.2) is 190 Å². The van der Waals surface area contributed by atoms with E-state index in [-0.39, 0.29) is 39.7 Å². The van der Waals surface area contributed by atoms with E-state index < -0.39 is 33.9 Å². The van der Waals surface area contributed by atoms with Crippen LogP contribution < -0.4 is 59.8 Å². The fourth-order valence-corrected chi connectivity index (χ4v) is 18.3. The Morgan fingerprint density at radius 2 is 0.858 bits per heavy atom. The first-order valence-electron chi connectivity index (χ1n) is 35.1. The van der Waals surface area contributed by atoms with Gasteiger partial charge in [0.25, 0.3) is 16.7 Å². The molecule has 0 bridgehead atoms. The van der Waals surface area contributed by atoms with Crippen molar-refractivity contribution in [2.24, 2.45) is 42.3 Å². The Labute approximate surface area is 698 Å². The van der Waals surface area contributed by atoms with Crippen LogP contribution in [-0.2, 0) is 75.9 Å². The van der Waals surface area contributed by atoms with E-state index in [0.29, 0.717) is 44.0 Å². The molecule has 0 aliphatic carbocycles. The summed E-state index contributed by atoms with van der Waals surface area (Å²) in [7, 11) is 4.33. The standard InChI is InChI=1S/C21H23N5O4S2.C21H23N5O2S2.C13H14BrNS.C8H10ClN.C8H10N4O2S.C5H6BBrO2S/c1-5-22-14-8-6-7-13(11-14)16-10-9-15(31-16)12-26-18-17(19(27)25(3)21(26)28)24(2)20(23-18)32(4,29)30;1-5-22-14-8-6-7-13(11-14)16-10-9-15(30-16)12-26-18-17(19(27)25(3)21(26)28)24(2)20(23-18)29-4;1-2-15-11-5-3-4-10(8-11)13-7-6-12(9-14)16-13;1-2-10-8-5-3-4-7(9)6-8;1-11-4-5(10-8(11)15-3)9-7(14)12(2)6(4)13;7-3-4-1-2-5(10-4)6(8)9/h6-11,22H,5,12H2,1-4H3;6-11,22H,5,12H2,1-4H3;3-8,15H,2,9H2,1H3;3-6,10H,2H2,1H3;1-3H3,(H,9,14);1-2,8-9H,3H2. The van der Waals surface area contributed by atoms with E-state index in [1.807, 2.05) is 110 Å². The number of anilines is 4. The maximum absolute atomic E-state index is 12.9. The number of alkyl halides is 2. The summed E-state index contributed by atoms with van der Waals surface area (Å²) in [6.07, 6.45) is 4.79. The van der Waals surface area contributed by atoms with Gasteiger partial charge in [-0.05, 0) is 154 Å². The van der Waals surface area contributed by atoms with Gasteiger partial charge in [-0.1, -0.05) is 116 Å². The Morgan fingerprint density at radius 1 is 0.478 bits per heavy atom. The van der Waals surface area contributed by atoms with Crippen molar-refractivity contribution >= 4 is 190 Å². The second kappa shape index (κ2) is 40.5. The number of aromatic amines is 1. The van der Waals surface area contributed by atoms with Crippen molar-refractivity contribution in [3.05, 3.63) is 233 Å². The molecule has 14 rings (SSSR count). The Bertz CT molecular complexity index is 6170. The topological polar surface area (TPSA) is 319 Å². The van der Waals surface area contributed by atoms with E-state index in [1.54, 1.807) is 45.2 Å². The van der Waals surface area contributed by atoms with Crippen molar-refractivity contribution < 1.29 is 18.5 Å². The molecule has 0 aliphatic rings. The molecule has 7 N–H and O–H groups in total. The Morgan fingerprint density at radius 3 is 1.26 bits per heavy atom. The number of fused-ring (bicyclic) bond motifs is 3. The highest BCUT2D eigenvalue weighted by Gasteiger charge is 2.25. The summed E-state index contributed by atoms with van der Waals surface area (Å²) >= 11 is 21.8. The van der Waals surface area contributed by atoms with Gasteiger partial charge < -0.3 is 45.0 Å². The number of H-pyrrole nitrogens is 1. The van der Waals surface area contributed by atoms with Gasteiger partial charge in [-0.2, -0.15) is 4.98 Å². The normalized spacial score (nSPS) is 11.0. The lowest BCUT2D eigenvalue weighted by Crippen LogP contribution is -2.38. The molecule has 113 heavy (non-hydrogen) atoms. The average Bonchev–Trinajstić information content (AvgIpc) is 1.62. The second-order valence-electron chi connectivity index (χ2n) is 25.0. The third-order valence-corrected chi connectivity index (χ3v) is 26.2. The van der Waals surface area contributed by atoms with Crippen molar-refractivity contribution in [3.8, 4) is 31.3 Å². The van der Waals surface area contributed by atoms with Gasteiger partial charge in [-0.25, -0.2) is 32.8 Å². The van der Waals surface area contributed by atoms with Crippen LogP contribution in [0.1, 0.15) is 47.2 Å². The number of aryl methyl sites for hydroxylation is 3. The van der Waals surface area contributed by atoms with E-state index in [1.165, 1.54) is 105 Å². The maximum Gasteiger partial charge on any atom is 0.499 e. The average molecular weight is 1810 g/mol. The van der Waals surface area contributed by atoms with Gasteiger partial charge in [-0.15, -0.1) is 45.3 Å². The van der Waals surface area contributed by atoms with Crippen LogP contribution in [-0.4, -0.2) is 127 Å². The molecule has 10 aromatic heterocycles. The molecule has 596 valence electrons. The summed E-state index contributed by atoms with van der Waals surface area (Å²) in [4.78, 5) is 97.5. The van der Waals surface area contributed by atoms with Crippen molar-refractivity contribution in [1.29, 1.82) is 0 Å². The number of aromatic nitrogens is 12. The molecular weight excluding hydrogens is 1730 g/mol. The minimum absolute atomic E-state index is 0.0603. The fraction of sp³-hybridized carbons (Fsp3) is 0.276. The minimum atomic E-state index is -3.68. The molecule has 26 nitrogen and oxygen atoms in total. The highest BCUT2D eigenvalue weighted by Crippen LogP contribution is 2.34. The molecule has 0 unspecified atom stereocenters. The van der Waals surface area contributed by atoms with Crippen LogP contribution in [0.4, 0.5) is 22.7 Å². The number of hydrogen-bond donors (Lipinski definition) is 7. The van der Waals surface area contributed by atoms with Crippen molar-refractivity contribution in [2.75, 3.05) is 66.2 Å². The van der Waals surface area contributed by atoms with E-state index in [9.17, 15) is 37.2 Å². The predicted molar refractivity (Wildman–Crippen MR) is 479 cm³/mol. The molecule has 10 heterocycles. The number of nitrogens with zero attached hydrogens (tertiary/aromatic N) is 11. The number of sulfone groups is 1. The zero-order chi connectivity index (χ0) is 82.1. The maximum atomic E-state index is 12.9. The lowest BCUT2D eigenvalue weighted by atomic mass is 9.90. The van der Waals surface area contributed by atoms with Gasteiger partial charge in [-0.3, -0.25) is 42.2 Å². The summed E-state index contributed by atoms with van der Waals surface area (Å²) in [5, 5.41) is 34.1. The van der Waals surface area contributed by atoms with Crippen LogP contribution in [0.25, 0.3) is 64.8 Å². The summed E-state index contributed by atoms with van der Waals surface area (Å²) in [5.74, 6) is 0. The van der Waals surface area contributed by atoms with Gasteiger partial charge in [0.1, 0.15) is 0 Å².